The number of benzene rings is 1. The average Bonchev–Trinajstić information content (AvgIpc) is 2.19. The Bertz CT molecular complexity index is 408. The van der Waals surface area contributed by atoms with Crippen LogP contribution < -0.4 is 5.32 Å². The van der Waals surface area contributed by atoms with Crippen LogP contribution in [0.1, 0.15) is 5.56 Å². The molecule has 0 spiro atoms. The monoisotopic (exact) mass is 315 g/mol. The Morgan fingerprint density at radius 3 is 2.56 bits per heavy atom. The Kier molecular flexibility index (Phi) is 4.21. The summed E-state index contributed by atoms with van der Waals surface area (Å²) in [5.74, 6) is -1.08. The highest BCUT2D eigenvalue weighted by molar-refractivity contribution is 9.10. The van der Waals surface area contributed by atoms with Gasteiger partial charge in [0.1, 0.15) is 5.88 Å². The first-order chi connectivity index (χ1) is 7.34. The summed E-state index contributed by atoms with van der Waals surface area (Å²) >= 11 is 8.13. The molecule has 88 valence electrons. The van der Waals surface area contributed by atoms with Gasteiger partial charge in [-0.1, -0.05) is 15.9 Å². The summed E-state index contributed by atoms with van der Waals surface area (Å²) in [4.78, 5) is 10.9. The Hall–Kier alpha value is -0.750. The van der Waals surface area contributed by atoms with E-state index in [1.807, 2.05) is 0 Å². The van der Waals surface area contributed by atoms with E-state index in [2.05, 4.69) is 21.2 Å². The van der Waals surface area contributed by atoms with E-state index in [9.17, 15) is 18.0 Å². The third-order valence-corrected chi connectivity index (χ3v) is 2.42. The summed E-state index contributed by atoms with van der Waals surface area (Å²) in [6.45, 7) is 0. The normalized spacial score (nSPS) is 11.3. The van der Waals surface area contributed by atoms with Crippen molar-refractivity contribution in [1.29, 1.82) is 0 Å². The highest BCUT2D eigenvalue weighted by atomic mass is 79.9. The van der Waals surface area contributed by atoms with Crippen molar-refractivity contribution in [2.45, 2.75) is 6.18 Å². The molecule has 7 heteroatoms. The van der Waals surface area contributed by atoms with Gasteiger partial charge < -0.3 is 5.32 Å². The van der Waals surface area contributed by atoms with E-state index in [4.69, 9.17) is 11.6 Å². The van der Waals surface area contributed by atoms with E-state index >= 15 is 0 Å². The first-order valence-corrected chi connectivity index (χ1v) is 5.40. The maximum atomic E-state index is 12.6. The molecular formula is C9H6BrClF3NO. The second-order valence-electron chi connectivity index (χ2n) is 2.87. The fourth-order valence-corrected chi connectivity index (χ4v) is 1.47. The van der Waals surface area contributed by atoms with Crippen LogP contribution in [-0.4, -0.2) is 11.8 Å². The quantitative estimate of drug-likeness (QED) is 0.829. The first kappa shape index (κ1) is 13.3. The Morgan fingerprint density at radius 2 is 2.06 bits per heavy atom. The van der Waals surface area contributed by atoms with Gasteiger partial charge in [-0.3, -0.25) is 4.79 Å². The molecule has 1 aromatic rings. The van der Waals surface area contributed by atoms with E-state index in [0.29, 0.717) is 0 Å². The van der Waals surface area contributed by atoms with Gasteiger partial charge in [0.05, 0.1) is 11.3 Å². The zero-order chi connectivity index (χ0) is 12.3. The third kappa shape index (κ3) is 3.38. The van der Waals surface area contributed by atoms with Crippen molar-refractivity contribution in [3.05, 3.63) is 28.2 Å². The molecular weight excluding hydrogens is 310 g/mol. The van der Waals surface area contributed by atoms with Crippen molar-refractivity contribution in [2.75, 3.05) is 11.2 Å². The highest BCUT2D eigenvalue weighted by Gasteiger charge is 2.34. The Balaban J connectivity index is 3.13. The zero-order valence-corrected chi connectivity index (χ0v) is 10.1. The zero-order valence-electron chi connectivity index (χ0n) is 7.74. The van der Waals surface area contributed by atoms with Crippen LogP contribution in [0.25, 0.3) is 0 Å². The van der Waals surface area contributed by atoms with Gasteiger partial charge in [-0.05, 0) is 18.2 Å². The maximum Gasteiger partial charge on any atom is 0.418 e. The van der Waals surface area contributed by atoms with Gasteiger partial charge in [0.2, 0.25) is 5.91 Å². The molecule has 1 amide bonds. The molecule has 0 saturated heterocycles. The topological polar surface area (TPSA) is 29.1 Å². The molecule has 1 aromatic carbocycles. The number of anilines is 1. The summed E-state index contributed by atoms with van der Waals surface area (Å²) in [7, 11) is 0. The van der Waals surface area contributed by atoms with Gasteiger partial charge in [0.15, 0.2) is 0 Å². The van der Waals surface area contributed by atoms with Gasteiger partial charge >= 0.3 is 6.18 Å². The van der Waals surface area contributed by atoms with E-state index in [1.54, 1.807) is 0 Å². The molecule has 1 N–H and O–H groups in total. The van der Waals surface area contributed by atoms with Crippen LogP contribution in [0.15, 0.2) is 22.7 Å². The molecule has 0 unspecified atom stereocenters. The molecule has 0 aliphatic heterocycles. The average molecular weight is 317 g/mol. The van der Waals surface area contributed by atoms with E-state index in [1.165, 1.54) is 6.07 Å². The van der Waals surface area contributed by atoms with Crippen LogP contribution in [0.5, 0.6) is 0 Å². The van der Waals surface area contributed by atoms with Crippen LogP contribution in [-0.2, 0) is 11.0 Å². The minimum absolute atomic E-state index is 0.281. The summed E-state index contributed by atoms with van der Waals surface area (Å²) in [6.07, 6.45) is -4.53. The molecule has 0 aromatic heterocycles. The maximum absolute atomic E-state index is 12.6. The minimum atomic E-state index is -4.53. The van der Waals surface area contributed by atoms with Crippen molar-refractivity contribution < 1.29 is 18.0 Å². The molecule has 16 heavy (non-hydrogen) atoms. The predicted octanol–water partition coefficient (Wildman–Crippen LogP) is 3.65. The number of carbonyl (C=O) groups excluding carboxylic acids is 1. The summed E-state index contributed by atoms with van der Waals surface area (Å²) in [5, 5.41) is 2.08. The number of amides is 1. The second-order valence-corrected chi connectivity index (χ2v) is 4.05. The van der Waals surface area contributed by atoms with Crippen LogP contribution in [0, 0.1) is 0 Å². The standard InChI is InChI=1S/C9H6BrClF3NO/c10-5-1-2-7(15-8(16)4-11)6(3-5)9(12,13)14/h1-3H,4H2,(H,15,16). The lowest BCUT2D eigenvalue weighted by Crippen LogP contribution is -2.17. The van der Waals surface area contributed by atoms with Crippen molar-refractivity contribution in [3.8, 4) is 0 Å². The molecule has 0 aliphatic rings. The fraction of sp³-hybridized carbons (Fsp3) is 0.222. The molecule has 0 aliphatic carbocycles. The molecule has 0 heterocycles. The Morgan fingerprint density at radius 1 is 1.44 bits per heavy atom. The number of carbonyl (C=O) groups is 1. The fourth-order valence-electron chi connectivity index (χ4n) is 1.04. The summed E-state index contributed by atoms with van der Waals surface area (Å²) in [5.41, 5.74) is -1.22. The molecule has 0 bridgehead atoms. The minimum Gasteiger partial charge on any atom is -0.324 e. The van der Waals surface area contributed by atoms with Crippen molar-refractivity contribution in [1.82, 2.24) is 0 Å². The molecule has 1 rings (SSSR count). The van der Waals surface area contributed by atoms with E-state index in [-0.39, 0.29) is 10.2 Å². The largest absolute Gasteiger partial charge is 0.418 e. The lowest BCUT2D eigenvalue weighted by Gasteiger charge is -2.13. The third-order valence-electron chi connectivity index (χ3n) is 1.68. The smallest absolute Gasteiger partial charge is 0.324 e. The first-order valence-electron chi connectivity index (χ1n) is 4.07. The van der Waals surface area contributed by atoms with Gasteiger partial charge in [0, 0.05) is 4.47 Å². The number of nitrogens with one attached hydrogen (secondary N) is 1. The SMILES string of the molecule is O=C(CCl)Nc1ccc(Br)cc1C(F)(F)F. The van der Waals surface area contributed by atoms with Crippen molar-refractivity contribution in [2.24, 2.45) is 0 Å². The highest BCUT2D eigenvalue weighted by Crippen LogP contribution is 2.36. The predicted molar refractivity (Wildman–Crippen MR) is 58.5 cm³/mol. The number of alkyl halides is 4. The number of hydrogen-bond acceptors (Lipinski definition) is 1. The van der Waals surface area contributed by atoms with Crippen molar-refractivity contribution >= 4 is 39.1 Å². The Labute approximate surface area is 103 Å². The van der Waals surface area contributed by atoms with Crippen LogP contribution in [0.3, 0.4) is 0 Å². The molecule has 0 saturated carbocycles. The molecule has 0 fully saturated rings. The molecule has 0 radical (unpaired) electrons. The van der Waals surface area contributed by atoms with E-state index in [0.717, 1.165) is 12.1 Å². The lowest BCUT2D eigenvalue weighted by molar-refractivity contribution is -0.137. The van der Waals surface area contributed by atoms with Gasteiger partial charge in [-0.15, -0.1) is 11.6 Å². The van der Waals surface area contributed by atoms with Crippen LogP contribution in [0.2, 0.25) is 0 Å². The number of hydrogen-bond donors (Lipinski definition) is 1. The number of rotatable bonds is 2. The van der Waals surface area contributed by atoms with Crippen LogP contribution in [0.4, 0.5) is 18.9 Å². The molecule has 0 atom stereocenters. The van der Waals surface area contributed by atoms with Gasteiger partial charge in [0.25, 0.3) is 0 Å². The van der Waals surface area contributed by atoms with Crippen LogP contribution >= 0.6 is 27.5 Å². The summed E-state index contributed by atoms with van der Waals surface area (Å²) < 4.78 is 38.0. The summed E-state index contributed by atoms with van der Waals surface area (Å²) in [6, 6.07) is 3.46. The second kappa shape index (κ2) is 5.05. The van der Waals surface area contributed by atoms with Gasteiger partial charge in [-0.2, -0.15) is 13.2 Å². The molecule has 2 nitrogen and oxygen atoms in total. The van der Waals surface area contributed by atoms with Crippen molar-refractivity contribution in [3.63, 3.8) is 0 Å². The number of halogens is 5. The van der Waals surface area contributed by atoms with E-state index < -0.39 is 23.5 Å². The van der Waals surface area contributed by atoms with Gasteiger partial charge in [-0.25, -0.2) is 0 Å². The lowest BCUT2D eigenvalue weighted by atomic mass is 10.1.